The molecule has 1 aromatic rings. The van der Waals surface area contributed by atoms with Crippen LogP contribution in [0.5, 0.6) is 0 Å². The van der Waals surface area contributed by atoms with Gasteiger partial charge in [0.05, 0.1) is 6.61 Å². The number of methoxy groups -OCH3 is 1. The number of aromatic nitrogens is 1. The number of rotatable bonds is 6. The van der Waals surface area contributed by atoms with Crippen molar-refractivity contribution in [1.29, 1.82) is 0 Å². The second-order valence-electron chi connectivity index (χ2n) is 3.75. The number of hydrogen-bond donors (Lipinski definition) is 1. The van der Waals surface area contributed by atoms with E-state index in [0.717, 1.165) is 5.57 Å². The summed E-state index contributed by atoms with van der Waals surface area (Å²) in [6.07, 6.45) is 9.03. The van der Waals surface area contributed by atoms with Gasteiger partial charge in [-0.3, -0.25) is 9.78 Å². The lowest BCUT2D eigenvalue weighted by molar-refractivity contribution is 0.0958. The molecular weight excluding hydrogens is 228 g/mol. The molecule has 0 saturated heterocycles. The van der Waals surface area contributed by atoms with Crippen molar-refractivity contribution in [2.24, 2.45) is 0 Å². The number of nitrogens with one attached hydrogen (secondary N) is 1. The first-order chi connectivity index (χ1) is 8.74. The highest BCUT2D eigenvalue weighted by molar-refractivity contribution is 5.94. The molecule has 1 aromatic heterocycles. The molecule has 0 aliphatic heterocycles. The Labute approximate surface area is 107 Å². The van der Waals surface area contributed by atoms with Gasteiger partial charge in [-0.25, -0.2) is 0 Å². The van der Waals surface area contributed by atoms with Gasteiger partial charge in [-0.15, -0.1) is 0 Å². The van der Waals surface area contributed by atoms with Crippen molar-refractivity contribution >= 4 is 5.91 Å². The molecule has 0 aromatic carbocycles. The number of allylic oxidation sites excluding steroid dienone is 2. The van der Waals surface area contributed by atoms with E-state index in [0.29, 0.717) is 18.7 Å². The number of ether oxygens (including phenoxy) is 1. The van der Waals surface area contributed by atoms with Gasteiger partial charge in [-0.05, 0) is 19.1 Å². The van der Waals surface area contributed by atoms with Gasteiger partial charge in [0.15, 0.2) is 0 Å². The number of carbonyl (C=O) groups excluding carboxylic acids is 1. The van der Waals surface area contributed by atoms with Crippen LogP contribution in [0, 0.1) is 0 Å². The van der Waals surface area contributed by atoms with E-state index in [1.54, 1.807) is 31.6 Å². The molecule has 1 N–H and O–H groups in total. The minimum atomic E-state index is -0.0967. The van der Waals surface area contributed by atoms with Gasteiger partial charge >= 0.3 is 0 Å². The lowest BCUT2D eigenvalue weighted by atomic mass is 10.2. The van der Waals surface area contributed by atoms with E-state index in [9.17, 15) is 4.79 Å². The summed E-state index contributed by atoms with van der Waals surface area (Å²) in [6.45, 7) is 3.08. The van der Waals surface area contributed by atoms with Crippen molar-refractivity contribution in [3.63, 3.8) is 0 Å². The molecule has 1 rings (SSSR count). The molecule has 4 heteroatoms. The van der Waals surface area contributed by atoms with E-state index >= 15 is 0 Å². The summed E-state index contributed by atoms with van der Waals surface area (Å²) < 4.78 is 4.93. The van der Waals surface area contributed by atoms with Gasteiger partial charge in [0.1, 0.15) is 0 Å². The van der Waals surface area contributed by atoms with Gasteiger partial charge < -0.3 is 10.1 Å². The van der Waals surface area contributed by atoms with Crippen LogP contribution >= 0.6 is 0 Å². The molecule has 0 unspecified atom stereocenters. The topological polar surface area (TPSA) is 51.2 Å². The fourth-order valence-corrected chi connectivity index (χ4v) is 1.28. The van der Waals surface area contributed by atoms with Crippen LogP contribution in [-0.2, 0) is 4.74 Å². The van der Waals surface area contributed by atoms with Crippen molar-refractivity contribution in [2.45, 2.75) is 6.92 Å². The van der Waals surface area contributed by atoms with E-state index in [4.69, 9.17) is 4.74 Å². The molecule has 0 spiro atoms. The Balaban J connectivity index is 2.34. The summed E-state index contributed by atoms with van der Waals surface area (Å²) in [6, 6.07) is 3.37. The average molecular weight is 246 g/mol. The van der Waals surface area contributed by atoms with Crippen LogP contribution in [0.25, 0.3) is 0 Å². The lowest BCUT2D eigenvalue weighted by Gasteiger charge is -2.01. The molecule has 0 aliphatic carbocycles. The van der Waals surface area contributed by atoms with Crippen LogP contribution in [0.1, 0.15) is 17.3 Å². The summed E-state index contributed by atoms with van der Waals surface area (Å²) in [7, 11) is 1.66. The Bertz CT molecular complexity index is 425. The van der Waals surface area contributed by atoms with Gasteiger partial charge in [0.2, 0.25) is 0 Å². The van der Waals surface area contributed by atoms with Gasteiger partial charge in [0, 0.05) is 31.6 Å². The molecule has 0 aliphatic rings. The minimum absolute atomic E-state index is 0.0967. The number of amides is 1. The normalized spacial score (nSPS) is 11.8. The molecule has 0 bridgehead atoms. The van der Waals surface area contributed by atoms with E-state index < -0.39 is 0 Å². The highest BCUT2D eigenvalue weighted by Gasteiger charge is 2.01. The molecule has 0 radical (unpaired) electrons. The Morgan fingerprint density at radius 1 is 1.44 bits per heavy atom. The van der Waals surface area contributed by atoms with Gasteiger partial charge in [0.25, 0.3) is 5.91 Å². The zero-order valence-corrected chi connectivity index (χ0v) is 10.7. The summed E-state index contributed by atoms with van der Waals surface area (Å²) >= 11 is 0. The molecule has 96 valence electrons. The Kier molecular flexibility index (Phi) is 6.43. The van der Waals surface area contributed by atoms with Crippen LogP contribution < -0.4 is 5.32 Å². The first-order valence-electron chi connectivity index (χ1n) is 5.74. The zero-order valence-electron chi connectivity index (χ0n) is 10.7. The largest absolute Gasteiger partial charge is 0.381 e. The highest BCUT2D eigenvalue weighted by Crippen LogP contribution is 1.96. The predicted molar refractivity (Wildman–Crippen MR) is 71.3 cm³/mol. The molecule has 0 atom stereocenters. The standard InChI is InChI=1S/C14H18N2O2/c1-12(7-11-18-2)4-3-8-16-14(17)13-5-9-15-10-6-13/h3-7,9-10H,8,11H2,1-2H3,(H,16,17). The molecule has 18 heavy (non-hydrogen) atoms. The van der Waals surface area contributed by atoms with Crippen molar-refractivity contribution in [3.8, 4) is 0 Å². The molecule has 1 heterocycles. The Morgan fingerprint density at radius 3 is 2.83 bits per heavy atom. The zero-order chi connectivity index (χ0) is 13.2. The number of hydrogen-bond acceptors (Lipinski definition) is 3. The lowest BCUT2D eigenvalue weighted by Crippen LogP contribution is -2.23. The molecule has 4 nitrogen and oxygen atoms in total. The fraction of sp³-hybridized carbons (Fsp3) is 0.286. The van der Waals surface area contributed by atoms with Crippen molar-refractivity contribution in [3.05, 3.63) is 53.9 Å². The van der Waals surface area contributed by atoms with E-state index in [-0.39, 0.29) is 5.91 Å². The van der Waals surface area contributed by atoms with Crippen LogP contribution in [0.2, 0.25) is 0 Å². The van der Waals surface area contributed by atoms with Gasteiger partial charge in [-0.1, -0.05) is 23.8 Å². The van der Waals surface area contributed by atoms with Crippen molar-refractivity contribution in [2.75, 3.05) is 20.3 Å². The Morgan fingerprint density at radius 2 is 2.17 bits per heavy atom. The summed E-state index contributed by atoms with van der Waals surface area (Å²) in [5, 5.41) is 2.80. The Hall–Kier alpha value is -1.94. The van der Waals surface area contributed by atoms with Gasteiger partial charge in [-0.2, -0.15) is 0 Å². The number of pyridine rings is 1. The molecule has 1 amide bonds. The van der Waals surface area contributed by atoms with E-state index in [2.05, 4.69) is 10.3 Å². The van der Waals surface area contributed by atoms with E-state index in [1.165, 1.54) is 0 Å². The third kappa shape index (κ3) is 5.41. The van der Waals surface area contributed by atoms with Crippen LogP contribution in [-0.4, -0.2) is 31.2 Å². The molecule has 0 fully saturated rings. The monoisotopic (exact) mass is 246 g/mol. The smallest absolute Gasteiger partial charge is 0.251 e. The minimum Gasteiger partial charge on any atom is -0.381 e. The van der Waals surface area contributed by atoms with Crippen LogP contribution in [0.3, 0.4) is 0 Å². The third-order valence-corrected chi connectivity index (χ3v) is 2.28. The maximum atomic E-state index is 11.7. The summed E-state index contributed by atoms with van der Waals surface area (Å²) in [5.74, 6) is -0.0967. The van der Waals surface area contributed by atoms with Crippen LogP contribution in [0.15, 0.2) is 48.3 Å². The maximum absolute atomic E-state index is 11.7. The van der Waals surface area contributed by atoms with E-state index in [1.807, 2.05) is 25.2 Å². The SMILES string of the molecule is COCC=C(C)C=CCNC(=O)c1ccncc1. The van der Waals surface area contributed by atoms with Crippen molar-refractivity contribution in [1.82, 2.24) is 10.3 Å². The quantitative estimate of drug-likeness (QED) is 0.781. The number of nitrogens with zero attached hydrogens (tertiary/aromatic N) is 1. The first kappa shape index (κ1) is 14.1. The summed E-state index contributed by atoms with van der Waals surface area (Å²) in [4.78, 5) is 15.5. The van der Waals surface area contributed by atoms with Crippen molar-refractivity contribution < 1.29 is 9.53 Å². The van der Waals surface area contributed by atoms with Crippen LogP contribution in [0.4, 0.5) is 0 Å². The predicted octanol–water partition coefficient (Wildman–Crippen LogP) is 1.96. The third-order valence-electron chi connectivity index (χ3n) is 2.28. The highest BCUT2D eigenvalue weighted by atomic mass is 16.5. The summed E-state index contributed by atoms with van der Waals surface area (Å²) in [5.41, 5.74) is 1.72. The second kappa shape index (κ2) is 8.20. The first-order valence-corrected chi connectivity index (χ1v) is 5.74. The second-order valence-corrected chi connectivity index (χ2v) is 3.75. The molecular formula is C14H18N2O2. The average Bonchev–Trinajstić information content (AvgIpc) is 2.42. The maximum Gasteiger partial charge on any atom is 0.251 e. The fourth-order valence-electron chi connectivity index (χ4n) is 1.28. The number of carbonyl (C=O) groups is 1. The molecule has 0 saturated carbocycles.